The number of nitrogens with zero attached hydrogens (tertiary/aromatic N) is 2. The molecule has 1 aliphatic heterocycles. The summed E-state index contributed by atoms with van der Waals surface area (Å²) in [6.45, 7) is 3.16. The van der Waals surface area contributed by atoms with Gasteiger partial charge in [-0.15, -0.1) is 0 Å². The van der Waals surface area contributed by atoms with Crippen molar-refractivity contribution in [2.75, 3.05) is 13.1 Å². The van der Waals surface area contributed by atoms with E-state index in [-0.39, 0.29) is 17.9 Å². The fraction of sp³-hybridized carbons (Fsp3) is 0.500. The Morgan fingerprint density at radius 3 is 2.65 bits per heavy atom. The second-order valence-electron chi connectivity index (χ2n) is 4.85. The average Bonchev–Trinajstić information content (AvgIpc) is 2.48. The standard InChI is InChI=1S/C14H18BrN3O2/c1-2-13(19)17-11-5-7-18(8-6-11)14(20)12-4-3-10(15)9-16-12/h3-4,9,11H,2,5-8H2,1H3,(H,17,19). The monoisotopic (exact) mass is 339 g/mol. The minimum Gasteiger partial charge on any atom is -0.353 e. The zero-order chi connectivity index (χ0) is 14.5. The summed E-state index contributed by atoms with van der Waals surface area (Å²) in [7, 11) is 0. The van der Waals surface area contributed by atoms with Crippen LogP contribution in [-0.2, 0) is 4.79 Å². The molecule has 1 saturated heterocycles. The van der Waals surface area contributed by atoms with Gasteiger partial charge in [0.05, 0.1) is 0 Å². The topological polar surface area (TPSA) is 62.3 Å². The minimum absolute atomic E-state index is 0.0437. The van der Waals surface area contributed by atoms with Crippen molar-refractivity contribution in [3.63, 3.8) is 0 Å². The van der Waals surface area contributed by atoms with Crippen molar-refractivity contribution in [3.8, 4) is 0 Å². The zero-order valence-corrected chi connectivity index (χ0v) is 13.0. The molecule has 2 rings (SSSR count). The molecular weight excluding hydrogens is 322 g/mol. The normalized spacial score (nSPS) is 16.0. The molecule has 2 heterocycles. The van der Waals surface area contributed by atoms with Crippen molar-refractivity contribution in [2.45, 2.75) is 32.2 Å². The molecule has 2 amide bonds. The van der Waals surface area contributed by atoms with E-state index < -0.39 is 0 Å². The van der Waals surface area contributed by atoms with E-state index in [0.717, 1.165) is 17.3 Å². The molecule has 0 unspecified atom stereocenters. The summed E-state index contributed by atoms with van der Waals surface area (Å²) in [5.41, 5.74) is 0.462. The smallest absolute Gasteiger partial charge is 0.272 e. The van der Waals surface area contributed by atoms with Crippen molar-refractivity contribution >= 4 is 27.7 Å². The number of piperidine rings is 1. The molecule has 1 aliphatic rings. The van der Waals surface area contributed by atoms with E-state index in [0.29, 0.717) is 25.2 Å². The van der Waals surface area contributed by atoms with Crippen LogP contribution >= 0.6 is 15.9 Å². The van der Waals surface area contributed by atoms with Crippen LogP contribution in [0.3, 0.4) is 0 Å². The molecule has 1 aromatic heterocycles. The van der Waals surface area contributed by atoms with Gasteiger partial charge in [-0.25, -0.2) is 4.98 Å². The van der Waals surface area contributed by atoms with Crippen LogP contribution in [0, 0.1) is 0 Å². The second kappa shape index (κ2) is 6.83. The maximum Gasteiger partial charge on any atom is 0.272 e. The third-order valence-corrected chi connectivity index (χ3v) is 3.88. The predicted octanol–water partition coefficient (Wildman–Crippen LogP) is 1.97. The van der Waals surface area contributed by atoms with Gasteiger partial charge in [0.1, 0.15) is 5.69 Å². The number of rotatable bonds is 3. The van der Waals surface area contributed by atoms with Gasteiger partial charge in [-0.2, -0.15) is 0 Å². The quantitative estimate of drug-likeness (QED) is 0.915. The second-order valence-corrected chi connectivity index (χ2v) is 5.76. The van der Waals surface area contributed by atoms with E-state index in [1.165, 1.54) is 0 Å². The van der Waals surface area contributed by atoms with Crippen LogP contribution in [0.25, 0.3) is 0 Å². The van der Waals surface area contributed by atoms with Crippen LogP contribution in [0.1, 0.15) is 36.7 Å². The number of halogens is 1. The average molecular weight is 340 g/mol. The maximum absolute atomic E-state index is 12.3. The Bertz CT molecular complexity index is 482. The Kier molecular flexibility index (Phi) is 5.11. The van der Waals surface area contributed by atoms with E-state index in [2.05, 4.69) is 26.2 Å². The number of likely N-dealkylation sites (tertiary alicyclic amines) is 1. The van der Waals surface area contributed by atoms with E-state index in [1.807, 2.05) is 13.0 Å². The number of carbonyl (C=O) groups excluding carboxylic acids is 2. The number of hydrogen-bond acceptors (Lipinski definition) is 3. The lowest BCUT2D eigenvalue weighted by molar-refractivity contribution is -0.121. The summed E-state index contributed by atoms with van der Waals surface area (Å²) in [6, 6.07) is 3.72. The largest absolute Gasteiger partial charge is 0.353 e. The van der Waals surface area contributed by atoms with Gasteiger partial charge in [-0.05, 0) is 40.9 Å². The molecule has 0 spiro atoms. The highest BCUT2D eigenvalue weighted by molar-refractivity contribution is 9.10. The molecule has 0 saturated carbocycles. The third kappa shape index (κ3) is 3.79. The van der Waals surface area contributed by atoms with E-state index in [1.54, 1.807) is 17.2 Å². The number of nitrogens with one attached hydrogen (secondary N) is 1. The SMILES string of the molecule is CCC(=O)NC1CCN(C(=O)c2ccc(Br)cn2)CC1. The number of amides is 2. The van der Waals surface area contributed by atoms with Gasteiger partial charge in [-0.1, -0.05) is 6.92 Å². The molecule has 20 heavy (non-hydrogen) atoms. The first-order chi connectivity index (χ1) is 9.60. The molecule has 1 N–H and O–H groups in total. The first-order valence-electron chi connectivity index (χ1n) is 6.80. The van der Waals surface area contributed by atoms with Crippen molar-refractivity contribution in [1.82, 2.24) is 15.2 Å². The molecule has 0 aliphatic carbocycles. The zero-order valence-electron chi connectivity index (χ0n) is 11.4. The van der Waals surface area contributed by atoms with Gasteiger partial charge in [0.2, 0.25) is 5.91 Å². The van der Waals surface area contributed by atoms with Crippen molar-refractivity contribution in [2.24, 2.45) is 0 Å². The molecule has 1 aromatic rings. The van der Waals surface area contributed by atoms with Gasteiger partial charge in [0.15, 0.2) is 0 Å². The highest BCUT2D eigenvalue weighted by atomic mass is 79.9. The maximum atomic E-state index is 12.3. The van der Waals surface area contributed by atoms with Crippen molar-refractivity contribution in [3.05, 3.63) is 28.5 Å². The molecule has 0 atom stereocenters. The highest BCUT2D eigenvalue weighted by Gasteiger charge is 2.24. The van der Waals surface area contributed by atoms with E-state index >= 15 is 0 Å². The lowest BCUT2D eigenvalue weighted by Crippen LogP contribution is -2.46. The molecule has 6 heteroatoms. The third-order valence-electron chi connectivity index (χ3n) is 3.41. The van der Waals surface area contributed by atoms with Gasteiger partial charge in [-0.3, -0.25) is 9.59 Å². The van der Waals surface area contributed by atoms with Crippen LogP contribution in [0.4, 0.5) is 0 Å². The molecular formula is C14H18BrN3O2. The molecule has 0 radical (unpaired) electrons. The van der Waals surface area contributed by atoms with Crippen LogP contribution in [0.2, 0.25) is 0 Å². The van der Waals surface area contributed by atoms with Gasteiger partial charge in [0, 0.05) is 36.2 Å². The van der Waals surface area contributed by atoms with E-state index in [9.17, 15) is 9.59 Å². The summed E-state index contributed by atoms with van der Waals surface area (Å²) < 4.78 is 0.857. The van der Waals surface area contributed by atoms with Crippen molar-refractivity contribution in [1.29, 1.82) is 0 Å². The fourth-order valence-corrected chi connectivity index (χ4v) is 2.46. The van der Waals surface area contributed by atoms with Crippen LogP contribution in [0.5, 0.6) is 0 Å². The number of aromatic nitrogens is 1. The first-order valence-corrected chi connectivity index (χ1v) is 7.59. The van der Waals surface area contributed by atoms with Crippen LogP contribution in [0.15, 0.2) is 22.8 Å². The van der Waals surface area contributed by atoms with E-state index in [4.69, 9.17) is 0 Å². The lowest BCUT2D eigenvalue weighted by Gasteiger charge is -2.32. The molecule has 1 fully saturated rings. The first kappa shape index (κ1) is 15.0. The Morgan fingerprint density at radius 2 is 2.10 bits per heavy atom. The van der Waals surface area contributed by atoms with Gasteiger partial charge in [0.25, 0.3) is 5.91 Å². The Balaban J connectivity index is 1.88. The molecule has 108 valence electrons. The number of hydrogen-bond donors (Lipinski definition) is 1. The highest BCUT2D eigenvalue weighted by Crippen LogP contribution is 2.14. The number of pyridine rings is 1. The molecule has 0 aromatic carbocycles. The Hall–Kier alpha value is -1.43. The number of carbonyl (C=O) groups is 2. The summed E-state index contributed by atoms with van der Waals surface area (Å²) in [5, 5.41) is 2.98. The van der Waals surface area contributed by atoms with Crippen molar-refractivity contribution < 1.29 is 9.59 Å². The summed E-state index contributed by atoms with van der Waals surface area (Å²) in [5.74, 6) is 0.0297. The Labute approximate surface area is 126 Å². The predicted molar refractivity (Wildman–Crippen MR) is 79.3 cm³/mol. The lowest BCUT2D eigenvalue weighted by atomic mass is 10.0. The van der Waals surface area contributed by atoms with Gasteiger partial charge < -0.3 is 10.2 Å². The minimum atomic E-state index is -0.0437. The van der Waals surface area contributed by atoms with Gasteiger partial charge >= 0.3 is 0 Å². The summed E-state index contributed by atoms with van der Waals surface area (Å²) in [4.78, 5) is 29.5. The summed E-state index contributed by atoms with van der Waals surface area (Å²) in [6.07, 6.45) is 3.73. The fourth-order valence-electron chi connectivity index (χ4n) is 2.22. The Morgan fingerprint density at radius 1 is 1.40 bits per heavy atom. The summed E-state index contributed by atoms with van der Waals surface area (Å²) >= 11 is 3.30. The van der Waals surface area contributed by atoms with Crippen LogP contribution in [-0.4, -0.2) is 40.8 Å². The molecule has 0 bridgehead atoms. The van der Waals surface area contributed by atoms with Crippen LogP contribution < -0.4 is 5.32 Å². The molecule has 5 nitrogen and oxygen atoms in total.